The molecule has 0 spiro atoms. The van der Waals surface area contributed by atoms with Crippen LogP contribution in [-0.2, 0) is 22.7 Å². The third-order valence-electron chi connectivity index (χ3n) is 1.95. The Morgan fingerprint density at radius 3 is 2.44 bits per heavy atom. The molecule has 0 aromatic heterocycles. The van der Waals surface area contributed by atoms with Crippen molar-refractivity contribution in [3.05, 3.63) is 0 Å². The normalized spacial score (nSPS) is 14.7. The summed E-state index contributed by atoms with van der Waals surface area (Å²) in [6.07, 6.45) is 0.820. The van der Waals surface area contributed by atoms with Crippen LogP contribution in [0.4, 0.5) is 0 Å². The summed E-state index contributed by atoms with van der Waals surface area (Å²) in [4.78, 5) is 4.89. The van der Waals surface area contributed by atoms with Crippen molar-refractivity contribution in [1.82, 2.24) is 5.32 Å². The molecule has 0 amide bonds. The lowest BCUT2D eigenvalue weighted by atomic mass is 10.4. The molecule has 1 atom stereocenters. The number of hydrogen-bond acceptors (Lipinski definition) is 7. The van der Waals surface area contributed by atoms with Crippen LogP contribution in [0.1, 0.15) is 20.3 Å². The molecule has 0 saturated heterocycles. The van der Waals surface area contributed by atoms with Crippen molar-refractivity contribution in [1.29, 1.82) is 0 Å². The Hall–Kier alpha value is -0.0631. The Balaban J connectivity index is 3.91. The Kier molecular flexibility index (Phi) is 12.0. The van der Waals surface area contributed by atoms with Gasteiger partial charge in [0.2, 0.25) is 0 Å². The van der Waals surface area contributed by atoms with Gasteiger partial charge >= 0.3 is 9.05 Å². The van der Waals surface area contributed by atoms with E-state index >= 15 is 0 Å². The summed E-state index contributed by atoms with van der Waals surface area (Å²) in [5.41, 5.74) is 5.37. The zero-order chi connectivity index (χ0) is 13.7. The molecule has 0 saturated carbocycles. The van der Waals surface area contributed by atoms with Gasteiger partial charge < -0.3 is 24.3 Å². The van der Waals surface area contributed by atoms with Gasteiger partial charge in [0.1, 0.15) is 0 Å². The van der Waals surface area contributed by atoms with E-state index in [4.69, 9.17) is 28.5 Å². The number of rotatable bonds is 13. The summed E-state index contributed by atoms with van der Waals surface area (Å²) in [6, 6.07) is 0. The summed E-state index contributed by atoms with van der Waals surface area (Å²) in [5, 5.41) is 3.17. The molecule has 0 aliphatic heterocycles. The molecule has 0 aliphatic carbocycles. The fraction of sp³-hybridized carbons (Fsp3) is 1.00. The van der Waals surface area contributed by atoms with Crippen LogP contribution in [0, 0.1) is 0 Å². The van der Waals surface area contributed by atoms with Gasteiger partial charge in [-0.1, -0.05) is 0 Å². The summed E-state index contributed by atoms with van der Waals surface area (Å²) in [6.45, 7) is 7.25. The number of nitrogens with one attached hydrogen (secondary N) is 1. The molecule has 0 aromatic rings. The van der Waals surface area contributed by atoms with Crippen molar-refractivity contribution >= 4 is 9.05 Å². The van der Waals surface area contributed by atoms with Crippen molar-refractivity contribution in [3.8, 4) is 0 Å². The highest BCUT2D eigenvalue weighted by molar-refractivity contribution is 6.53. The molecular weight excluding hydrogens is 256 g/mol. The maximum atomic E-state index is 5.58. The molecule has 0 fully saturated rings. The van der Waals surface area contributed by atoms with Gasteiger partial charge in [-0.2, -0.15) is 4.58 Å². The van der Waals surface area contributed by atoms with E-state index in [1.54, 1.807) is 0 Å². The van der Waals surface area contributed by atoms with Crippen LogP contribution in [0.5, 0.6) is 0 Å². The topological polar surface area (TPSA) is 84.2 Å². The Morgan fingerprint density at radius 1 is 1.11 bits per heavy atom. The largest absolute Gasteiger partial charge is 0.707 e. The van der Waals surface area contributed by atoms with Gasteiger partial charge in [-0.3, -0.25) is 0 Å². The Bertz CT molecular complexity index is 190. The second-order valence-corrected chi connectivity index (χ2v) is 5.52. The van der Waals surface area contributed by atoms with E-state index in [2.05, 4.69) is 5.32 Å². The Morgan fingerprint density at radius 2 is 1.89 bits per heavy atom. The lowest BCUT2D eigenvalue weighted by Gasteiger charge is -2.24. The molecule has 110 valence electrons. The van der Waals surface area contributed by atoms with Crippen LogP contribution in [-0.4, -0.2) is 55.6 Å². The van der Waals surface area contributed by atoms with Gasteiger partial charge in [0.15, 0.2) is 0 Å². The van der Waals surface area contributed by atoms with E-state index in [1.165, 1.54) is 7.11 Å². The van der Waals surface area contributed by atoms with Gasteiger partial charge in [0.25, 0.3) is 0 Å². The maximum absolute atomic E-state index is 5.58. The quantitative estimate of drug-likeness (QED) is 0.213. The van der Waals surface area contributed by atoms with Crippen LogP contribution >= 0.6 is 0 Å². The zero-order valence-electron chi connectivity index (χ0n) is 11.6. The number of hydrogen-bond donors (Lipinski definition) is 2. The fourth-order valence-electron chi connectivity index (χ4n) is 1.17. The van der Waals surface area contributed by atoms with Gasteiger partial charge in [0, 0.05) is 33.4 Å². The molecule has 1 unspecified atom stereocenters. The highest BCUT2D eigenvalue weighted by atomic mass is 28.4. The average molecular weight is 282 g/mol. The van der Waals surface area contributed by atoms with E-state index in [1.807, 2.05) is 13.8 Å². The van der Waals surface area contributed by atoms with Crippen molar-refractivity contribution in [3.63, 3.8) is 0 Å². The minimum Gasteiger partial charge on any atom is -0.353 e. The van der Waals surface area contributed by atoms with Gasteiger partial charge in [0.05, 0.1) is 6.61 Å². The Labute approximate surface area is 110 Å². The summed E-state index contributed by atoms with van der Waals surface area (Å²) < 4.78 is 21.3. The molecule has 18 heavy (non-hydrogen) atoms. The van der Waals surface area contributed by atoms with E-state index in [0.717, 1.165) is 19.5 Å². The van der Waals surface area contributed by atoms with Gasteiger partial charge in [-0.15, -0.1) is 0 Å². The predicted molar refractivity (Wildman–Crippen MR) is 69.6 cm³/mol. The van der Waals surface area contributed by atoms with Crippen molar-refractivity contribution in [2.45, 2.75) is 20.3 Å². The van der Waals surface area contributed by atoms with E-state index < -0.39 is 9.05 Å². The summed E-state index contributed by atoms with van der Waals surface area (Å²) in [7, 11) is -1.64. The molecule has 0 bridgehead atoms. The summed E-state index contributed by atoms with van der Waals surface area (Å²) >= 11 is 0. The standard InChI is InChI=1S/C10H26N2O5Si/c1-4-14-17-18(13-3,15-5-2)16-10-6-8-12-9-7-11/h12H,4-11H2,1-3H3. The first-order valence-corrected chi connectivity index (χ1v) is 7.92. The first-order valence-electron chi connectivity index (χ1n) is 6.29. The van der Waals surface area contributed by atoms with Crippen LogP contribution in [0.25, 0.3) is 0 Å². The van der Waals surface area contributed by atoms with Crippen molar-refractivity contribution in [2.75, 3.05) is 46.6 Å². The molecule has 0 heterocycles. The summed E-state index contributed by atoms with van der Waals surface area (Å²) in [5.74, 6) is 0. The van der Waals surface area contributed by atoms with Gasteiger partial charge in [-0.25, -0.2) is 4.89 Å². The molecule has 3 N–H and O–H groups in total. The lowest BCUT2D eigenvalue weighted by Crippen LogP contribution is -2.48. The minimum atomic E-state index is -3.13. The first-order chi connectivity index (χ1) is 8.74. The maximum Gasteiger partial charge on any atom is 0.707 e. The minimum absolute atomic E-state index is 0.409. The fourth-order valence-corrected chi connectivity index (χ4v) is 2.66. The second kappa shape index (κ2) is 12.0. The third-order valence-corrected chi connectivity index (χ3v) is 3.97. The predicted octanol–water partition coefficient (Wildman–Crippen LogP) is 0.0280. The molecule has 8 heteroatoms. The molecule has 7 nitrogen and oxygen atoms in total. The van der Waals surface area contributed by atoms with E-state index in [-0.39, 0.29) is 0 Å². The first kappa shape index (κ1) is 17.9. The molecular formula is C10H26N2O5Si. The highest BCUT2D eigenvalue weighted by Gasteiger charge is 2.46. The highest BCUT2D eigenvalue weighted by Crippen LogP contribution is 2.11. The molecule has 0 aromatic carbocycles. The second-order valence-electron chi connectivity index (χ2n) is 3.37. The third kappa shape index (κ3) is 8.11. The van der Waals surface area contributed by atoms with Crippen LogP contribution in [0.3, 0.4) is 0 Å². The van der Waals surface area contributed by atoms with Crippen LogP contribution in [0.2, 0.25) is 0 Å². The molecule has 0 radical (unpaired) electrons. The number of nitrogens with two attached hydrogens (primary N) is 1. The smallest absolute Gasteiger partial charge is 0.353 e. The molecule has 0 aliphatic rings. The molecule has 0 rings (SSSR count). The lowest BCUT2D eigenvalue weighted by molar-refractivity contribution is -0.269. The van der Waals surface area contributed by atoms with Crippen molar-refractivity contribution < 1.29 is 22.7 Å². The van der Waals surface area contributed by atoms with Gasteiger partial charge in [-0.05, 0) is 26.8 Å². The van der Waals surface area contributed by atoms with Crippen LogP contribution in [0.15, 0.2) is 0 Å². The average Bonchev–Trinajstić information content (AvgIpc) is 2.40. The SMILES string of the molecule is CCOO[Si](OC)(OCC)OCCCNCCN. The van der Waals surface area contributed by atoms with Crippen molar-refractivity contribution in [2.24, 2.45) is 5.73 Å². The monoisotopic (exact) mass is 282 g/mol. The van der Waals surface area contributed by atoms with Crippen LogP contribution < -0.4 is 11.1 Å². The van der Waals surface area contributed by atoms with E-state index in [0.29, 0.717) is 26.4 Å². The van der Waals surface area contributed by atoms with E-state index in [9.17, 15) is 0 Å². The zero-order valence-corrected chi connectivity index (χ0v) is 12.6.